The highest BCUT2D eigenvalue weighted by atomic mass is 35.5. The molecule has 0 unspecified atom stereocenters. The first kappa shape index (κ1) is 10.8. The summed E-state index contributed by atoms with van der Waals surface area (Å²) in [6, 6.07) is 11.5. The number of pyridine rings is 2. The van der Waals surface area contributed by atoms with Crippen LogP contribution in [0.3, 0.4) is 0 Å². The number of halogens is 1. The summed E-state index contributed by atoms with van der Waals surface area (Å²) in [5.74, 6) is 0. The van der Waals surface area contributed by atoms with E-state index in [0.29, 0.717) is 10.7 Å². The van der Waals surface area contributed by atoms with Gasteiger partial charge in [-0.2, -0.15) is 5.26 Å². The summed E-state index contributed by atoms with van der Waals surface area (Å²) < 4.78 is 1.85. The van der Waals surface area contributed by atoms with Gasteiger partial charge in [-0.1, -0.05) is 17.7 Å². The summed E-state index contributed by atoms with van der Waals surface area (Å²) in [7, 11) is 0. The molecule has 0 aliphatic heterocycles. The lowest BCUT2D eigenvalue weighted by atomic mass is 10.1. The maximum atomic E-state index is 9.06. The molecule has 0 bridgehead atoms. The molecule has 0 spiro atoms. The molecule has 0 radical (unpaired) electrons. The second-order valence-corrected chi connectivity index (χ2v) is 4.27. The van der Waals surface area contributed by atoms with Crippen LogP contribution in [0.15, 0.2) is 48.9 Å². The third kappa shape index (κ3) is 1.55. The Balaban J connectivity index is 2.33. The second-order valence-electron chi connectivity index (χ2n) is 3.86. The minimum absolute atomic E-state index is 0.596. The van der Waals surface area contributed by atoms with Gasteiger partial charge in [0.05, 0.1) is 10.5 Å². The molecule has 4 heteroatoms. The summed E-state index contributed by atoms with van der Waals surface area (Å²) in [6.45, 7) is 0. The number of hydrogen-bond acceptors (Lipinski definition) is 2. The van der Waals surface area contributed by atoms with E-state index in [4.69, 9.17) is 16.9 Å². The number of nitriles is 1. The first-order valence-corrected chi connectivity index (χ1v) is 5.79. The van der Waals surface area contributed by atoms with Crippen molar-refractivity contribution in [3.63, 3.8) is 0 Å². The van der Waals surface area contributed by atoms with Gasteiger partial charge in [0.1, 0.15) is 11.8 Å². The summed E-state index contributed by atoms with van der Waals surface area (Å²) in [5, 5.41) is 9.71. The molecule has 0 saturated heterocycles. The molecular formula is C14H8ClN3. The molecule has 3 rings (SSSR count). The van der Waals surface area contributed by atoms with Crippen LogP contribution in [-0.2, 0) is 0 Å². The van der Waals surface area contributed by atoms with Gasteiger partial charge in [-0.3, -0.25) is 4.98 Å². The van der Waals surface area contributed by atoms with Crippen LogP contribution < -0.4 is 0 Å². The molecule has 0 aliphatic carbocycles. The molecule has 0 aliphatic rings. The van der Waals surface area contributed by atoms with Gasteiger partial charge in [-0.05, 0) is 24.3 Å². The van der Waals surface area contributed by atoms with Crippen LogP contribution in [0.1, 0.15) is 5.69 Å². The second kappa shape index (κ2) is 4.17. The topological polar surface area (TPSA) is 41.1 Å². The van der Waals surface area contributed by atoms with Crippen LogP contribution in [0.5, 0.6) is 0 Å². The SMILES string of the molecule is N#Cc1cccc2c(-c3cnccc3Cl)ccn12. The van der Waals surface area contributed by atoms with Gasteiger partial charge in [0, 0.05) is 29.7 Å². The minimum atomic E-state index is 0.596. The average Bonchev–Trinajstić information content (AvgIpc) is 2.83. The molecule has 0 fully saturated rings. The minimum Gasteiger partial charge on any atom is -0.308 e. The Bertz CT molecular complexity index is 768. The first-order valence-electron chi connectivity index (χ1n) is 5.41. The summed E-state index contributed by atoms with van der Waals surface area (Å²) in [6.07, 6.45) is 5.26. The molecule has 0 atom stereocenters. The lowest BCUT2D eigenvalue weighted by Gasteiger charge is -2.03. The van der Waals surface area contributed by atoms with Crippen molar-refractivity contribution in [2.24, 2.45) is 0 Å². The Morgan fingerprint density at radius 3 is 2.83 bits per heavy atom. The molecular weight excluding hydrogens is 246 g/mol. The van der Waals surface area contributed by atoms with Crippen molar-refractivity contribution in [3.05, 3.63) is 59.6 Å². The highest BCUT2D eigenvalue weighted by molar-refractivity contribution is 6.33. The van der Waals surface area contributed by atoms with E-state index >= 15 is 0 Å². The third-order valence-corrected chi connectivity index (χ3v) is 3.20. The zero-order valence-electron chi connectivity index (χ0n) is 9.34. The van der Waals surface area contributed by atoms with E-state index in [-0.39, 0.29) is 0 Å². The Kier molecular flexibility index (Phi) is 2.51. The average molecular weight is 254 g/mol. The predicted octanol–water partition coefficient (Wildman–Crippen LogP) is 3.53. The Morgan fingerprint density at radius 2 is 2.06 bits per heavy atom. The maximum absolute atomic E-state index is 9.06. The van der Waals surface area contributed by atoms with Crippen LogP contribution in [0.2, 0.25) is 5.02 Å². The van der Waals surface area contributed by atoms with Crippen LogP contribution in [-0.4, -0.2) is 9.38 Å². The molecule has 3 nitrogen and oxygen atoms in total. The first-order chi connectivity index (χ1) is 8.81. The lowest BCUT2D eigenvalue weighted by Crippen LogP contribution is -1.89. The highest BCUT2D eigenvalue weighted by Gasteiger charge is 2.10. The van der Waals surface area contributed by atoms with Crippen LogP contribution >= 0.6 is 11.6 Å². The molecule has 86 valence electrons. The van der Waals surface area contributed by atoms with E-state index < -0.39 is 0 Å². The standard InChI is InChI=1S/C14H8ClN3/c15-13-4-6-17-9-12(13)11-5-7-18-10(8-16)2-1-3-14(11)18/h1-7,9H. The Labute approximate surface area is 109 Å². The molecule has 0 aromatic carbocycles. The largest absolute Gasteiger partial charge is 0.308 e. The zero-order valence-corrected chi connectivity index (χ0v) is 10.1. The fourth-order valence-electron chi connectivity index (χ4n) is 2.03. The highest BCUT2D eigenvalue weighted by Crippen LogP contribution is 2.31. The van der Waals surface area contributed by atoms with Crippen LogP contribution in [0.25, 0.3) is 16.6 Å². The molecule has 0 saturated carbocycles. The van der Waals surface area contributed by atoms with E-state index in [2.05, 4.69) is 11.1 Å². The van der Waals surface area contributed by atoms with Gasteiger partial charge in [0.2, 0.25) is 0 Å². The van der Waals surface area contributed by atoms with E-state index in [1.54, 1.807) is 24.5 Å². The molecule has 0 N–H and O–H groups in total. The smallest absolute Gasteiger partial charge is 0.124 e. The quantitative estimate of drug-likeness (QED) is 0.666. The van der Waals surface area contributed by atoms with E-state index in [0.717, 1.165) is 16.6 Å². The monoisotopic (exact) mass is 253 g/mol. The van der Waals surface area contributed by atoms with Gasteiger partial charge in [-0.15, -0.1) is 0 Å². The van der Waals surface area contributed by atoms with Gasteiger partial charge >= 0.3 is 0 Å². The summed E-state index contributed by atoms with van der Waals surface area (Å²) in [5.41, 5.74) is 3.39. The van der Waals surface area contributed by atoms with Crippen LogP contribution in [0, 0.1) is 11.3 Å². The number of fused-ring (bicyclic) bond motifs is 1. The number of aromatic nitrogens is 2. The predicted molar refractivity (Wildman–Crippen MR) is 70.4 cm³/mol. The fourth-order valence-corrected chi connectivity index (χ4v) is 2.24. The van der Waals surface area contributed by atoms with Gasteiger partial charge < -0.3 is 4.40 Å². The van der Waals surface area contributed by atoms with Crippen LogP contribution in [0.4, 0.5) is 0 Å². The molecule has 3 heterocycles. The molecule has 3 aromatic heterocycles. The van der Waals surface area contributed by atoms with Gasteiger partial charge in [0.25, 0.3) is 0 Å². The van der Waals surface area contributed by atoms with Crippen molar-refractivity contribution in [2.75, 3.05) is 0 Å². The molecule has 3 aromatic rings. The number of nitrogens with zero attached hydrogens (tertiary/aromatic N) is 3. The van der Waals surface area contributed by atoms with Crippen molar-refractivity contribution >= 4 is 17.1 Å². The van der Waals surface area contributed by atoms with Crippen molar-refractivity contribution < 1.29 is 0 Å². The van der Waals surface area contributed by atoms with E-state index in [9.17, 15) is 0 Å². The fraction of sp³-hybridized carbons (Fsp3) is 0. The van der Waals surface area contributed by atoms with Crippen molar-refractivity contribution in [1.29, 1.82) is 5.26 Å². The molecule has 0 amide bonds. The zero-order chi connectivity index (χ0) is 12.5. The van der Waals surface area contributed by atoms with Crippen molar-refractivity contribution in [1.82, 2.24) is 9.38 Å². The third-order valence-electron chi connectivity index (χ3n) is 2.87. The Hall–Kier alpha value is -2.31. The van der Waals surface area contributed by atoms with Crippen molar-refractivity contribution in [2.45, 2.75) is 0 Å². The van der Waals surface area contributed by atoms with E-state index in [1.165, 1.54) is 0 Å². The van der Waals surface area contributed by atoms with Gasteiger partial charge in [0.15, 0.2) is 0 Å². The normalized spacial score (nSPS) is 10.4. The number of hydrogen-bond donors (Lipinski definition) is 0. The van der Waals surface area contributed by atoms with Gasteiger partial charge in [-0.25, -0.2) is 0 Å². The Morgan fingerprint density at radius 1 is 1.17 bits per heavy atom. The van der Waals surface area contributed by atoms with E-state index in [1.807, 2.05) is 28.8 Å². The summed E-state index contributed by atoms with van der Waals surface area (Å²) >= 11 is 6.18. The van der Waals surface area contributed by atoms with Crippen molar-refractivity contribution in [3.8, 4) is 17.2 Å². The summed E-state index contributed by atoms with van der Waals surface area (Å²) in [4.78, 5) is 4.09. The molecule has 18 heavy (non-hydrogen) atoms. The maximum Gasteiger partial charge on any atom is 0.124 e. The lowest BCUT2D eigenvalue weighted by molar-refractivity contribution is 1.15. The number of rotatable bonds is 1.